The molecule has 144 valence electrons. The van der Waals surface area contributed by atoms with E-state index in [2.05, 4.69) is 6.07 Å². The highest BCUT2D eigenvalue weighted by atomic mass is 32.1. The molecule has 0 aromatic carbocycles. The van der Waals surface area contributed by atoms with Gasteiger partial charge in [0.1, 0.15) is 0 Å². The Morgan fingerprint density at radius 2 is 1.89 bits per heavy atom. The standard InChI is InChI=1S/C21H26N2O3S/c22-4-2-5-23(19(24)14-26-20(25)10-18-3-1-6-27-18)21-11-15-7-16(12-21)9-17(8-15)13-21/h1,3,6,15-17H,2,5,7-14H2. The van der Waals surface area contributed by atoms with Crippen molar-refractivity contribution in [1.82, 2.24) is 4.90 Å². The summed E-state index contributed by atoms with van der Waals surface area (Å²) in [6, 6.07) is 5.97. The minimum atomic E-state index is -0.364. The Bertz CT molecular complexity index is 702. The van der Waals surface area contributed by atoms with Crippen LogP contribution in [0, 0.1) is 29.1 Å². The fourth-order valence-electron chi connectivity index (χ4n) is 6.01. The molecule has 4 aliphatic rings. The average Bonchev–Trinajstić information content (AvgIpc) is 3.12. The number of amides is 1. The Labute approximate surface area is 164 Å². The second-order valence-corrected chi connectivity index (χ2v) is 9.54. The smallest absolute Gasteiger partial charge is 0.311 e. The quantitative estimate of drug-likeness (QED) is 0.672. The first-order valence-electron chi connectivity index (χ1n) is 9.93. The summed E-state index contributed by atoms with van der Waals surface area (Å²) in [5.74, 6) is 1.66. The number of rotatable bonds is 7. The van der Waals surface area contributed by atoms with Crippen LogP contribution in [0.1, 0.15) is 49.8 Å². The number of hydrogen-bond acceptors (Lipinski definition) is 5. The van der Waals surface area contributed by atoms with Crippen LogP contribution in [-0.2, 0) is 20.7 Å². The lowest BCUT2D eigenvalue weighted by Crippen LogP contribution is -2.62. The molecule has 1 aromatic heterocycles. The normalized spacial score (nSPS) is 30.7. The molecule has 0 radical (unpaired) electrons. The fourth-order valence-corrected chi connectivity index (χ4v) is 6.70. The third-order valence-corrected chi connectivity index (χ3v) is 7.46. The van der Waals surface area contributed by atoms with E-state index in [0.29, 0.717) is 13.0 Å². The van der Waals surface area contributed by atoms with Gasteiger partial charge >= 0.3 is 5.97 Å². The topological polar surface area (TPSA) is 70.4 Å². The molecule has 0 atom stereocenters. The Morgan fingerprint density at radius 3 is 2.44 bits per heavy atom. The molecule has 0 unspecified atom stereocenters. The molecule has 0 spiro atoms. The van der Waals surface area contributed by atoms with Gasteiger partial charge in [0, 0.05) is 17.0 Å². The Balaban J connectivity index is 1.41. The van der Waals surface area contributed by atoms with E-state index in [9.17, 15) is 9.59 Å². The number of nitrogens with zero attached hydrogens (tertiary/aromatic N) is 2. The largest absolute Gasteiger partial charge is 0.455 e. The predicted molar refractivity (Wildman–Crippen MR) is 102 cm³/mol. The highest BCUT2D eigenvalue weighted by Gasteiger charge is 2.54. The van der Waals surface area contributed by atoms with Crippen LogP contribution >= 0.6 is 11.3 Å². The summed E-state index contributed by atoms with van der Waals surface area (Å²) in [4.78, 5) is 27.9. The maximum atomic E-state index is 13.0. The number of ether oxygens (including phenoxy) is 1. The summed E-state index contributed by atoms with van der Waals surface area (Å²) >= 11 is 1.51. The van der Waals surface area contributed by atoms with Crippen molar-refractivity contribution in [3.8, 4) is 6.07 Å². The number of carbonyl (C=O) groups excluding carboxylic acids is 2. The predicted octanol–water partition coefficient (Wildman–Crippen LogP) is 3.54. The van der Waals surface area contributed by atoms with Gasteiger partial charge in [0.15, 0.2) is 6.61 Å². The first-order chi connectivity index (χ1) is 13.1. The van der Waals surface area contributed by atoms with E-state index < -0.39 is 0 Å². The average molecular weight is 387 g/mol. The van der Waals surface area contributed by atoms with Crippen molar-refractivity contribution in [3.05, 3.63) is 22.4 Å². The van der Waals surface area contributed by atoms with E-state index in [1.165, 1.54) is 30.6 Å². The third-order valence-electron chi connectivity index (χ3n) is 6.58. The zero-order chi connectivity index (χ0) is 18.9. The van der Waals surface area contributed by atoms with Gasteiger partial charge in [-0.1, -0.05) is 6.07 Å². The highest BCUT2D eigenvalue weighted by molar-refractivity contribution is 7.10. The van der Waals surface area contributed by atoms with Crippen LogP contribution in [0.25, 0.3) is 0 Å². The summed E-state index contributed by atoms with van der Waals surface area (Å²) in [6.45, 7) is 0.237. The van der Waals surface area contributed by atoms with E-state index in [1.807, 2.05) is 22.4 Å². The van der Waals surface area contributed by atoms with E-state index in [1.54, 1.807) is 0 Å². The van der Waals surface area contributed by atoms with Crippen LogP contribution in [0.5, 0.6) is 0 Å². The lowest BCUT2D eigenvalue weighted by atomic mass is 9.52. The maximum absolute atomic E-state index is 13.0. The van der Waals surface area contributed by atoms with Crippen molar-refractivity contribution in [3.63, 3.8) is 0 Å². The molecular formula is C21H26N2O3S. The van der Waals surface area contributed by atoms with Gasteiger partial charge in [0.05, 0.1) is 18.9 Å². The molecule has 0 aliphatic heterocycles. The van der Waals surface area contributed by atoms with E-state index in [4.69, 9.17) is 10.00 Å². The van der Waals surface area contributed by atoms with Crippen LogP contribution in [0.2, 0.25) is 0 Å². The first kappa shape index (κ1) is 18.5. The van der Waals surface area contributed by atoms with Crippen LogP contribution in [0.3, 0.4) is 0 Å². The number of esters is 1. The van der Waals surface area contributed by atoms with Gasteiger partial charge < -0.3 is 9.64 Å². The van der Waals surface area contributed by atoms with Gasteiger partial charge in [-0.2, -0.15) is 5.26 Å². The molecule has 1 heterocycles. The molecule has 5 nitrogen and oxygen atoms in total. The molecule has 4 bridgehead atoms. The summed E-state index contributed by atoms with van der Waals surface area (Å²) in [5.41, 5.74) is -0.108. The molecular weight excluding hydrogens is 360 g/mol. The number of nitriles is 1. The molecule has 6 heteroatoms. The van der Waals surface area contributed by atoms with Crippen LogP contribution in [0.15, 0.2) is 17.5 Å². The van der Waals surface area contributed by atoms with Crippen LogP contribution in [-0.4, -0.2) is 35.5 Å². The molecule has 0 saturated heterocycles. The second kappa shape index (κ2) is 7.63. The maximum Gasteiger partial charge on any atom is 0.311 e. The Hall–Kier alpha value is -1.87. The van der Waals surface area contributed by atoms with Crippen LogP contribution in [0.4, 0.5) is 0 Å². The monoisotopic (exact) mass is 386 g/mol. The summed E-state index contributed by atoms with van der Waals surface area (Å²) < 4.78 is 5.29. The van der Waals surface area contributed by atoms with E-state index in [-0.39, 0.29) is 30.4 Å². The number of carbonyl (C=O) groups is 2. The van der Waals surface area contributed by atoms with Crippen molar-refractivity contribution >= 4 is 23.2 Å². The number of thiophene rings is 1. The molecule has 1 aromatic rings. The highest BCUT2D eigenvalue weighted by Crippen LogP contribution is 2.57. The third kappa shape index (κ3) is 3.89. The van der Waals surface area contributed by atoms with Crippen molar-refractivity contribution in [1.29, 1.82) is 5.26 Å². The zero-order valence-electron chi connectivity index (χ0n) is 15.6. The van der Waals surface area contributed by atoms with Crippen molar-refractivity contribution < 1.29 is 14.3 Å². The molecule has 5 rings (SSSR count). The van der Waals surface area contributed by atoms with E-state index in [0.717, 1.165) is 41.9 Å². The Kier molecular flexibility index (Phi) is 5.23. The van der Waals surface area contributed by atoms with Gasteiger partial charge in [-0.15, -0.1) is 11.3 Å². The van der Waals surface area contributed by atoms with Crippen molar-refractivity contribution in [2.75, 3.05) is 13.2 Å². The summed E-state index contributed by atoms with van der Waals surface area (Å²) in [5, 5.41) is 11.0. The molecule has 4 saturated carbocycles. The van der Waals surface area contributed by atoms with Gasteiger partial charge in [0.2, 0.25) is 0 Å². The summed E-state index contributed by atoms with van der Waals surface area (Å²) in [7, 11) is 0. The first-order valence-corrected chi connectivity index (χ1v) is 10.8. The van der Waals surface area contributed by atoms with Gasteiger partial charge in [-0.3, -0.25) is 9.59 Å². The van der Waals surface area contributed by atoms with Crippen molar-refractivity contribution in [2.24, 2.45) is 17.8 Å². The molecule has 4 aliphatic carbocycles. The second-order valence-electron chi connectivity index (χ2n) is 8.51. The van der Waals surface area contributed by atoms with Gasteiger partial charge in [0.25, 0.3) is 5.91 Å². The minimum Gasteiger partial charge on any atom is -0.455 e. The zero-order valence-corrected chi connectivity index (χ0v) is 16.4. The molecule has 1 amide bonds. The van der Waals surface area contributed by atoms with E-state index >= 15 is 0 Å². The van der Waals surface area contributed by atoms with Crippen LogP contribution < -0.4 is 0 Å². The molecule has 27 heavy (non-hydrogen) atoms. The fraction of sp³-hybridized carbons (Fsp3) is 0.667. The van der Waals surface area contributed by atoms with Gasteiger partial charge in [-0.25, -0.2) is 0 Å². The minimum absolute atomic E-state index is 0.108. The van der Waals surface area contributed by atoms with Crippen molar-refractivity contribution in [2.45, 2.75) is 56.9 Å². The Morgan fingerprint density at radius 1 is 1.22 bits per heavy atom. The number of hydrogen-bond donors (Lipinski definition) is 0. The molecule has 0 N–H and O–H groups in total. The SMILES string of the molecule is N#CCCN(C(=O)COC(=O)Cc1cccs1)C12CC3CC(CC(C3)C1)C2. The summed E-state index contributed by atoms with van der Waals surface area (Å²) in [6.07, 6.45) is 7.61. The lowest BCUT2D eigenvalue weighted by molar-refractivity contribution is -0.161. The molecule has 4 fully saturated rings. The lowest BCUT2D eigenvalue weighted by Gasteiger charge is -2.60. The van der Waals surface area contributed by atoms with Gasteiger partial charge in [-0.05, 0) is 67.7 Å².